The van der Waals surface area contributed by atoms with Crippen LogP contribution in [0, 0.1) is 80.8 Å². The number of ether oxygens (including phenoxy) is 4. The molecule has 0 heterocycles. The number of ketones is 2. The number of Topliss-reactive ketones (excluding diaryl/α,β-unsaturated/α-hetero) is 2. The van der Waals surface area contributed by atoms with Crippen molar-refractivity contribution in [1.82, 2.24) is 0 Å². The van der Waals surface area contributed by atoms with Crippen molar-refractivity contribution in [3.05, 3.63) is 70.9 Å². The molecule has 4 saturated carbocycles. The summed E-state index contributed by atoms with van der Waals surface area (Å²) in [6, 6.07) is 0. The van der Waals surface area contributed by atoms with Crippen LogP contribution < -0.4 is 0 Å². The molecule has 5 N–H and O–H groups in total. The minimum atomic E-state index is -2.27. The third kappa shape index (κ3) is 11.9. The number of fused-ring (bicyclic) bond motifs is 6. The number of aliphatic hydroxyl groups is 5. The number of rotatable bonds is 24. The molecule has 0 aliphatic heterocycles. The molecule has 0 amide bonds. The first kappa shape index (κ1) is 68.0. The number of esters is 4. The summed E-state index contributed by atoms with van der Waals surface area (Å²) in [5, 5.41) is 60.0. The number of carbonyl (C=O) groups is 6. The van der Waals surface area contributed by atoms with Gasteiger partial charge in [-0.3, -0.25) is 24.0 Å². The van der Waals surface area contributed by atoms with Crippen LogP contribution in [0.1, 0.15) is 193 Å². The fourth-order valence-corrected chi connectivity index (χ4v) is 16.9. The van der Waals surface area contributed by atoms with Gasteiger partial charge in [-0.05, 0) is 91.3 Å². The van der Waals surface area contributed by atoms with Gasteiger partial charge in [-0.15, -0.1) is 0 Å². The van der Waals surface area contributed by atoms with E-state index in [0.29, 0.717) is 35.5 Å². The van der Waals surface area contributed by atoms with E-state index >= 15 is 0 Å². The van der Waals surface area contributed by atoms with Crippen molar-refractivity contribution in [2.75, 3.05) is 19.8 Å². The van der Waals surface area contributed by atoms with Gasteiger partial charge in [0.05, 0.1) is 16.7 Å². The van der Waals surface area contributed by atoms with Crippen molar-refractivity contribution in [3.8, 4) is 0 Å². The predicted molar refractivity (Wildman–Crippen MR) is 324 cm³/mol. The minimum absolute atomic E-state index is 0.0414. The number of hydrogen-bond donors (Lipinski definition) is 5. The van der Waals surface area contributed by atoms with Crippen LogP contribution in [0.4, 0.5) is 0 Å². The number of carbonyl (C=O) groups excluding carboxylic acids is 6. The van der Waals surface area contributed by atoms with Gasteiger partial charge in [0.25, 0.3) is 0 Å². The molecule has 8 aliphatic carbocycles. The number of unbranched alkanes of at least 4 members (excludes halogenated alkanes) is 10. The van der Waals surface area contributed by atoms with E-state index in [9.17, 15) is 54.3 Å². The Hall–Kier alpha value is -4.54. The van der Waals surface area contributed by atoms with Crippen LogP contribution in [-0.4, -0.2) is 116 Å². The van der Waals surface area contributed by atoms with Gasteiger partial charge in [0.1, 0.15) is 54.9 Å². The van der Waals surface area contributed by atoms with Crippen molar-refractivity contribution in [2.45, 2.75) is 228 Å². The molecule has 0 aromatic heterocycles. The van der Waals surface area contributed by atoms with Gasteiger partial charge in [0.2, 0.25) is 0 Å². The zero-order valence-electron chi connectivity index (χ0n) is 53.7. The van der Waals surface area contributed by atoms with E-state index < -0.39 is 98.9 Å². The monoisotopic (exact) mass is 1180 g/mol. The molecular weight excluding hydrogens is 1080 g/mol. The molecule has 0 saturated heterocycles. The Morgan fingerprint density at radius 1 is 0.694 bits per heavy atom. The van der Waals surface area contributed by atoms with E-state index in [1.54, 1.807) is 44.2 Å². The van der Waals surface area contributed by atoms with Crippen LogP contribution in [0.15, 0.2) is 70.9 Å². The third-order valence-electron chi connectivity index (χ3n) is 22.4. The lowest BCUT2D eigenvalue weighted by Crippen LogP contribution is -2.65. The van der Waals surface area contributed by atoms with Gasteiger partial charge in [0, 0.05) is 48.5 Å². The Bertz CT molecular complexity index is 2710. The first-order valence-corrected chi connectivity index (χ1v) is 32.3. The summed E-state index contributed by atoms with van der Waals surface area (Å²) in [5.41, 5.74) is -7.14. The van der Waals surface area contributed by atoms with Crippen LogP contribution in [-0.2, 0) is 47.7 Å². The van der Waals surface area contributed by atoms with Crippen LogP contribution in [0.25, 0.3) is 0 Å². The Morgan fingerprint density at radius 2 is 1.25 bits per heavy atom. The largest absolute Gasteiger partial charge is 0.462 e. The molecule has 85 heavy (non-hydrogen) atoms. The van der Waals surface area contributed by atoms with Crippen molar-refractivity contribution in [3.63, 3.8) is 0 Å². The van der Waals surface area contributed by atoms with Crippen molar-refractivity contribution in [1.29, 1.82) is 0 Å². The normalized spacial score (nSPS) is 37.4. The molecule has 0 aromatic carbocycles. The summed E-state index contributed by atoms with van der Waals surface area (Å²) >= 11 is 0. The van der Waals surface area contributed by atoms with E-state index in [0.717, 1.165) is 44.9 Å². The van der Waals surface area contributed by atoms with E-state index in [-0.39, 0.29) is 72.0 Å². The zero-order chi connectivity index (χ0) is 63.0. The maximum Gasteiger partial charge on any atom is 0.330 e. The molecule has 15 heteroatoms. The second-order valence-electron chi connectivity index (χ2n) is 28.5. The molecule has 4 fully saturated rings. The van der Waals surface area contributed by atoms with Crippen LogP contribution in [0.2, 0.25) is 0 Å². The molecule has 4 unspecified atom stereocenters. The predicted octanol–water partition coefficient (Wildman–Crippen LogP) is 10.7. The fourth-order valence-electron chi connectivity index (χ4n) is 16.9. The lowest BCUT2D eigenvalue weighted by atomic mass is 9.57. The smallest absolute Gasteiger partial charge is 0.330 e. The first-order chi connectivity index (χ1) is 39.9. The standard InChI is InChI=1S/C38H60O8.C32H44O7/c1-9-10-11-12-13-14-15-16-17-18-29(39)46-37-21-25(5)36-20-24(4)31(40)38(36,44)32(41)27(22-45-34(43)26(6)23(2)3)19-28(33(36)42)30(37)35(37,7)8;1-7-8-9-10-11-12-13-26(34)39-18-25-19(2)16-31-20(3)14-24-27(30(24,5)6)23(29(31)36)15-22(17-38-21(4)33)28(35)32(25,31)37/h19-20,23,25-26,28,30-32,40-41,44H,9-18,21-22H2,1-8H3;10-13,15-16,20,23-25,27-28,35,37H,7-9,14,17-18H2,1-6H3/b;11-10+,13-12-/t25-,26?,28+,30-,31+,32-,36?,37?,38-;20-,23+,24-,25+,27+,28-,31?,32-/m11/s1. The van der Waals surface area contributed by atoms with E-state index in [1.165, 1.54) is 51.5 Å². The summed E-state index contributed by atoms with van der Waals surface area (Å²) in [5.74, 6) is -5.56. The Balaban J connectivity index is 0.000000247. The molecule has 15 nitrogen and oxygen atoms in total. The lowest BCUT2D eigenvalue weighted by molar-refractivity contribution is -0.192. The van der Waals surface area contributed by atoms with Gasteiger partial charge in [0.15, 0.2) is 11.6 Å². The van der Waals surface area contributed by atoms with Gasteiger partial charge in [-0.1, -0.05) is 188 Å². The number of aliphatic hydroxyl groups excluding tert-OH is 3. The SMILES string of the molecule is CCCC/C=C/C=C\C(=O)OC[C@H]1C(C)=CC23C(=O)[C@@H](C=C(COC(C)=O)[C@@H](O)[C@]12O)[C@H]1[C@@H](C[C@H]3C)C1(C)C.CCCCCCCCCCCC(=O)OC12C[C@@H](C)C34C=C(C)[C@H](O)[C@@]3(O)[C@H](O)C(COC(=O)C(C)C(C)C)=C[C@H](C4=O)[C@@H]1C2(C)C. The second-order valence-corrected chi connectivity index (χ2v) is 28.5. The molecular formula is C70H104O15. The summed E-state index contributed by atoms with van der Waals surface area (Å²) in [7, 11) is 0. The quantitative estimate of drug-likeness (QED) is 0.0151. The first-order valence-electron chi connectivity index (χ1n) is 32.3. The number of allylic oxidation sites excluding steroid dienone is 5. The highest BCUT2D eigenvalue weighted by atomic mass is 16.6. The zero-order valence-corrected chi connectivity index (χ0v) is 53.7. The average Bonchev–Trinajstić information content (AvgIpc) is 1.57. The van der Waals surface area contributed by atoms with Crippen molar-refractivity contribution in [2.24, 2.45) is 80.8 Å². The van der Waals surface area contributed by atoms with Crippen LogP contribution in [0.3, 0.4) is 0 Å². The maximum absolute atomic E-state index is 14.8. The molecule has 474 valence electrons. The van der Waals surface area contributed by atoms with Crippen LogP contribution in [0.5, 0.6) is 0 Å². The molecule has 0 radical (unpaired) electrons. The van der Waals surface area contributed by atoms with Crippen molar-refractivity contribution >= 4 is 35.4 Å². The fraction of sp³-hybridized carbons (Fsp3) is 0.743. The van der Waals surface area contributed by atoms with E-state index in [1.807, 2.05) is 60.6 Å². The van der Waals surface area contributed by atoms with E-state index in [4.69, 9.17) is 18.9 Å². The lowest BCUT2D eigenvalue weighted by Gasteiger charge is -2.49. The summed E-state index contributed by atoms with van der Waals surface area (Å²) < 4.78 is 22.9. The Morgan fingerprint density at radius 3 is 1.86 bits per heavy atom. The highest BCUT2D eigenvalue weighted by molar-refractivity contribution is 5.96. The maximum atomic E-state index is 14.8. The molecule has 2 spiro atoms. The third-order valence-corrected chi connectivity index (χ3v) is 22.4. The minimum Gasteiger partial charge on any atom is -0.462 e. The van der Waals surface area contributed by atoms with Crippen LogP contribution >= 0.6 is 0 Å². The molecule has 8 aliphatic rings. The van der Waals surface area contributed by atoms with E-state index in [2.05, 4.69) is 27.7 Å². The molecule has 8 rings (SSSR count). The molecule has 4 bridgehead atoms. The Kier molecular flexibility index (Phi) is 21.0. The van der Waals surface area contributed by atoms with Gasteiger partial charge in [-0.2, -0.15) is 0 Å². The summed E-state index contributed by atoms with van der Waals surface area (Å²) in [6.07, 6.45) is 23.7. The topological polar surface area (TPSA) is 240 Å². The molecule has 0 aromatic rings. The summed E-state index contributed by atoms with van der Waals surface area (Å²) in [6.45, 7) is 26.1. The Labute approximate surface area is 506 Å². The van der Waals surface area contributed by atoms with Crippen molar-refractivity contribution < 1.29 is 73.2 Å². The van der Waals surface area contributed by atoms with Gasteiger partial charge < -0.3 is 44.5 Å². The second kappa shape index (κ2) is 26.3. The average molecular weight is 1190 g/mol. The molecule has 17 atom stereocenters. The highest BCUT2D eigenvalue weighted by Gasteiger charge is 2.83. The summed E-state index contributed by atoms with van der Waals surface area (Å²) in [4.78, 5) is 79.7. The van der Waals surface area contributed by atoms with Gasteiger partial charge >= 0.3 is 23.9 Å². The number of hydrogen-bond acceptors (Lipinski definition) is 15. The highest BCUT2D eigenvalue weighted by Crippen LogP contribution is 2.76. The van der Waals surface area contributed by atoms with Gasteiger partial charge in [-0.25, -0.2) is 4.79 Å².